The minimum Gasteiger partial charge on any atom is -0.463 e. The molecule has 166 valence electrons. The van der Waals surface area contributed by atoms with E-state index in [9.17, 15) is 0 Å². The second-order valence-corrected chi connectivity index (χ2v) is 7.51. The van der Waals surface area contributed by atoms with Gasteiger partial charge in [0.25, 0.3) is 0 Å². The van der Waals surface area contributed by atoms with E-state index in [1.54, 1.807) is 0 Å². The lowest BCUT2D eigenvalue weighted by atomic mass is 9.87. The van der Waals surface area contributed by atoms with Gasteiger partial charge in [0.05, 0.1) is 33.0 Å². The number of nitrogens with one attached hydrogen (secondary N) is 2. The molecular formula is C20H38N6O3. The summed E-state index contributed by atoms with van der Waals surface area (Å²) in [5, 5.41) is 6.66. The quantitative estimate of drug-likeness (QED) is 0.375. The molecule has 1 heterocycles. The van der Waals surface area contributed by atoms with Crippen LogP contribution >= 0.6 is 0 Å². The topological polar surface area (TPSA) is 116 Å². The van der Waals surface area contributed by atoms with Crippen LogP contribution in [0.4, 0.5) is 11.9 Å². The molecule has 1 aliphatic rings. The van der Waals surface area contributed by atoms with Crippen molar-refractivity contribution in [3.8, 4) is 6.01 Å². The lowest BCUT2D eigenvalue weighted by molar-refractivity contribution is 0.0547. The third-order valence-electron chi connectivity index (χ3n) is 4.86. The van der Waals surface area contributed by atoms with E-state index in [0.717, 1.165) is 31.6 Å². The maximum absolute atomic E-state index is 5.72. The zero-order valence-electron chi connectivity index (χ0n) is 18.0. The Morgan fingerprint density at radius 3 is 2.38 bits per heavy atom. The fourth-order valence-electron chi connectivity index (χ4n) is 3.10. The van der Waals surface area contributed by atoms with E-state index in [1.807, 2.05) is 0 Å². The Bertz CT molecular complexity index is 555. The molecule has 0 aromatic carbocycles. The van der Waals surface area contributed by atoms with Crippen molar-refractivity contribution < 1.29 is 14.2 Å². The highest BCUT2D eigenvalue weighted by Crippen LogP contribution is 2.25. The van der Waals surface area contributed by atoms with Gasteiger partial charge in [0.15, 0.2) is 0 Å². The Hall–Kier alpha value is -1.71. The molecule has 0 spiro atoms. The fourth-order valence-corrected chi connectivity index (χ4v) is 3.10. The molecule has 0 bridgehead atoms. The summed E-state index contributed by atoms with van der Waals surface area (Å²) in [6, 6.07) is 0.764. The number of aromatic nitrogens is 3. The van der Waals surface area contributed by atoms with Crippen molar-refractivity contribution in [1.82, 2.24) is 15.0 Å². The summed E-state index contributed by atoms with van der Waals surface area (Å²) in [6.07, 6.45) is 6.79. The van der Waals surface area contributed by atoms with Crippen LogP contribution in [0.3, 0.4) is 0 Å². The summed E-state index contributed by atoms with van der Waals surface area (Å²) in [7, 11) is 0. The molecule has 0 aliphatic heterocycles. The SMILES string of the molecule is CCCCOc1nc(NCCOCCOCCN)nc(NC2CCC(C)CC2)n1. The zero-order chi connectivity index (χ0) is 20.7. The number of unbranched alkanes of at least 4 members (excludes halogenated alkanes) is 1. The monoisotopic (exact) mass is 410 g/mol. The van der Waals surface area contributed by atoms with Gasteiger partial charge in [-0.2, -0.15) is 15.0 Å². The fraction of sp³-hybridized carbons (Fsp3) is 0.850. The van der Waals surface area contributed by atoms with Crippen LogP contribution in [-0.4, -0.2) is 67.1 Å². The molecule has 1 fully saturated rings. The van der Waals surface area contributed by atoms with Crippen LogP contribution in [-0.2, 0) is 9.47 Å². The molecule has 0 unspecified atom stereocenters. The third-order valence-corrected chi connectivity index (χ3v) is 4.86. The summed E-state index contributed by atoms with van der Waals surface area (Å²) in [5.41, 5.74) is 5.37. The van der Waals surface area contributed by atoms with Crippen LogP contribution in [0.1, 0.15) is 52.4 Å². The normalized spacial score (nSPS) is 19.1. The van der Waals surface area contributed by atoms with Crippen LogP contribution in [0, 0.1) is 5.92 Å². The van der Waals surface area contributed by atoms with Crippen LogP contribution in [0.5, 0.6) is 6.01 Å². The summed E-state index contributed by atoms with van der Waals surface area (Å²) in [5.74, 6) is 1.88. The van der Waals surface area contributed by atoms with Gasteiger partial charge in [-0.25, -0.2) is 0 Å². The van der Waals surface area contributed by atoms with E-state index in [-0.39, 0.29) is 0 Å². The number of nitrogens with zero attached hydrogens (tertiary/aromatic N) is 3. The van der Waals surface area contributed by atoms with Gasteiger partial charge in [-0.1, -0.05) is 20.3 Å². The largest absolute Gasteiger partial charge is 0.463 e. The van der Waals surface area contributed by atoms with Crippen molar-refractivity contribution in [2.24, 2.45) is 11.7 Å². The van der Waals surface area contributed by atoms with Gasteiger partial charge in [-0.3, -0.25) is 0 Å². The average molecular weight is 411 g/mol. The van der Waals surface area contributed by atoms with E-state index in [0.29, 0.717) is 70.1 Å². The van der Waals surface area contributed by atoms with E-state index in [2.05, 4.69) is 39.4 Å². The van der Waals surface area contributed by atoms with Crippen molar-refractivity contribution in [1.29, 1.82) is 0 Å². The first-order chi connectivity index (χ1) is 14.2. The Labute approximate surface area is 174 Å². The Morgan fingerprint density at radius 1 is 0.931 bits per heavy atom. The van der Waals surface area contributed by atoms with E-state index in [1.165, 1.54) is 12.8 Å². The number of hydrogen-bond acceptors (Lipinski definition) is 9. The van der Waals surface area contributed by atoms with Crippen molar-refractivity contribution >= 4 is 11.9 Å². The summed E-state index contributed by atoms with van der Waals surface area (Å²) in [4.78, 5) is 13.3. The van der Waals surface area contributed by atoms with Crippen molar-refractivity contribution in [2.45, 2.75) is 58.4 Å². The molecule has 1 saturated carbocycles. The smallest absolute Gasteiger partial charge is 0.323 e. The molecule has 2 rings (SSSR count). The van der Waals surface area contributed by atoms with Gasteiger partial charge in [-0.05, 0) is 38.0 Å². The number of nitrogens with two attached hydrogens (primary N) is 1. The number of hydrogen-bond donors (Lipinski definition) is 3. The van der Waals surface area contributed by atoms with Gasteiger partial charge in [-0.15, -0.1) is 0 Å². The zero-order valence-corrected chi connectivity index (χ0v) is 18.0. The van der Waals surface area contributed by atoms with E-state index < -0.39 is 0 Å². The minimum atomic E-state index is 0.360. The van der Waals surface area contributed by atoms with Crippen LogP contribution in [0.15, 0.2) is 0 Å². The number of ether oxygens (including phenoxy) is 3. The molecular weight excluding hydrogens is 372 g/mol. The van der Waals surface area contributed by atoms with Crippen molar-refractivity contribution in [3.63, 3.8) is 0 Å². The third kappa shape index (κ3) is 10.0. The molecule has 29 heavy (non-hydrogen) atoms. The Kier molecular flexibility index (Phi) is 11.6. The summed E-state index contributed by atoms with van der Waals surface area (Å²) < 4.78 is 16.5. The van der Waals surface area contributed by atoms with E-state index >= 15 is 0 Å². The van der Waals surface area contributed by atoms with Gasteiger partial charge in [0.2, 0.25) is 11.9 Å². The molecule has 4 N–H and O–H groups in total. The molecule has 0 saturated heterocycles. The maximum atomic E-state index is 5.72. The highest BCUT2D eigenvalue weighted by atomic mass is 16.5. The second kappa shape index (κ2) is 14.3. The molecule has 0 radical (unpaired) electrons. The van der Waals surface area contributed by atoms with E-state index in [4.69, 9.17) is 19.9 Å². The highest BCUT2D eigenvalue weighted by molar-refractivity contribution is 5.36. The first-order valence-corrected chi connectivity index (χ1v) is 11.0. The Morgan fingerprint density at radius 2 is 1.66 bits per heavy atom. The van der Waals surface area contributed by atoms with Crippen LogP contribution in [0.25, 0.3) is 0 Å². The molecule has 1 aliphatic carbocycles. The molecule has 1 aromatic heterocycles. The standard InChI is InChI=1S/C20H38N6O3/c1-3-4-11-29-20-25-18(22-10-13-28-15-14-27-12-9-21)24-19(26-20)23-17-7-5-16(2)6-8-17/h16-17H,3-15,21H2,1-2H3,(H2,22,23,24,25,26). The van der Waals surface area contributed by atoms with Gasteiger partial charge < -0.3 is 30.6 Å². The Balaban J connectivity index is 1.83. The van der Waals surface area contributed by atoms with Gasteiger partial charge in [0.1, 0.15) is 0 Å². The maximum Gasteiger partial charge on any atom is 0.323 e. The first-order valence-electron chi connectivity index (χ1n) is 11.0. The molecule has 9 heteroatoms. The number of rotatable bonds is 15. The lowest BCUT2D eigenvalue weighted by Gasteiger charge is -2.27. The molecule has 0 atom stereocenters. The molecule has 9 nitrogen and oxygen atoms in total. The summed E-state index contributed by atoms with van der Waals surface area (Å²) >= 11 is 0. The number of anilines is 2. The lowest BCUT2D eigenvalue weighted by Crippen LogP contribution is -2.26. The van der Waals surface area contributed by atoms with Crippen LogP contribution < -0.4 is 21.1 Å². The highest BCUT2D eigenvalue weighted by Gasteiger charge is 2.19. The van der Waals surface area contributed by atoms with Gasteiger partial charge >= 0.3 is 6.01 Å². The molecule has 0 amide bonds. The second-order valence-electron chi connectivity index (χ2n) is 7.51. The van der Waals surface area contributed by atoms with Crippen LogP contribution in [0.2, 0.25) is 0 Å². The first kappa shape index (κ1) is 23.6. The summed E-state index contributed by atoms with van der Waals surface area (Å²) in [6.45, 7) is 8.34. The predicted octanol–water partition coefficient (Wildman–Crippen LogP) is 2.44. The average Bonchev–Trinajstić information content (AvgIpc) is 2.72. The van der Waals surface area contributed by atoms with Crippen molar-refractivity contribution in [3.05, 3.63) is 0 Å². The van der Waals surface area contributed by atoms with Crippen molar-refractivity contribution in [2.75, 3.05) is 56.8 Å². The predicted molar refractivity (Wildman–Crippen MR) is 114 cm³/mol. The minimum absolute atomic E-state index is 0.360. The molecule has 1 aromatic rings. The van der Waals surface area contributed by atoms with Gasteiger partial charge in [0, 0.05) is 19.1 Å².